The molecule has 1 saturated carbocycles. The zero-order valence-corrected chi connectivity index (χ0v) is 13.7. The molecule has 0 aromatic rings. The first-order valence-electron chi connectivity index (χ1n) is 8.59. The van der Waals surface area contributed by atoms with Gasteiger partial charge < -0.3 is 9.84 Å². The Morgan fingerprint density at radius 3 is 2.50 bits per heavy atom. The predicted octanol–water partition coefficient (Wildman–Crippen LogP) is 5.49. The van der Waals surface area contributed by atoms with Crippen molar-refractivity contribution < 1.29 is 9.84 Å². The predicted molar refractivity (Wildman–Crippen MR) is 86.0 cm³/mol. The molecule has 1 aliphatic rings. The van der Waals surface area contributed by atoms with Gasteiger partial charge >= 0.3 is 0 Å². The molecule has 1 N–H and O–H groups in total. The van der Waals surface area contributed by atoms with Crippen molar-refractivity contribution in [2.45, 2.75) is 72.1 Å². The number of hydrogen-bond acceptors (Lipinski definition) is 2. The summed E-state index contributed by atoms with van der Waals surface area (Å²) in [6.07, 6.45) is 11.3. The van der Waals surface area contributed by atoms with E-state index in [4.69, 9.17) is 4.74 Å². The van der Waals surface area contributed by atoms with Gasteiger partial charge in [-0.2, -0.15) is 0 Å². The van der Waals surface area contributed by atoms with E-state index in [0.29, 0.717) is 5.76 Å². The van der Waals surface area contributed by atoms with Crippen LogP contribution in [0.4, 0.5) is 0 Å². The zero-order valence-electron chi connectivity index (χ0n) is 13.7. The van der Waals surface area contributed by atoms with Crippen LogP contribution in [0.15, 0.2) is 11.8 Å². The Balaban J connectivity index is 2.09. The van der Waals surface area contributed by atoms with Crippen LogP contribution in [-0.2, 0) is 4.74 Å². The van der Waals surface area contributed by atoms with E-state index in [-0.39, 0.29) is 0 Å². The largest absolute Gasteiger partial charge is 0.513 e. The van der Waals surface area contributed by atoms with Crippen molar-refractivity contribution in [3.63, 3.8) is 0 Å². The van der Waals surface area contributed by atoms with Crippen molar-refractivity contribution in [2.24, 2.45) is 17.8 Å². The summed E-state index contributed by atoms with van der Waals surface area (Å²) < 4.78 is 5.41. The van der Waals surface area contributed by atoms with E-state index in [9.17, 15) is 5.11 Å². The first-order valence-corrected chi connectivity index (χ1v) is 8.59. The fourth-order valence-electron chi connectivity index (χ4n) is 3.15. The third kappa shape index (κ3) is 7.33. The summed E-state index contributed by atoms with van der Waals surface area (Å²) in [5.41, 5.74) is 0. The van der Waals surface area contributed by atoms with E-state index in [0.717, 1.165) is 56.7 Å². The Hall–Kier alpha value is -0.500. The monoisotopic (exact) mass is 282 g/mol. The van der Waals surface area contributed by atoms with E-state index in [1.165, 1.54) is 25.7 Å². The lowest BCUT2D eigenvalue weighted by Crippen LogP contribution is -2.18. The molecule has 1 aliphatic carbocycles. The van der Waals surface area contributed by atoms with Crippen LogP contribution in [0.25, 0.3) is 0 Å². The highest BCUT2D eigenvalue weighted by Gasteiger charge is 2.22. The molecule has 0 aromatic carbocycles. The molecule has 118 valence electrons. The van der Waals surface area contributed by atoms with Crippen molar-refractivity contribution in [3.05, 3.63) is 11.8 Å². The molecule has 0 spiro atoms. The van der Waals surface area contributed by atoms with Crippen molar-refractivity contribution >= 4 is 0 Å². The third-order valence-electron chi connectivity index (χ3n) is 4.63. The molecule has 0 aromatic heterocycles. The Kier molecular flexibility index (Phi) is 9.00. The molecule has 0 aliphatic heterocycles. The van der Waals surface area contributed by atoms with Crippen LogP contribution in [0.3, 0.4) is 0 Å². The zero-order chi connectivity index (χ0) is 14.8. The second-order valence-electron chi connectivity index (χ2n) is 6.66. The Bertz CT molecular complexity index is 263. The van der Waals surface area contributed by atoms with E-state index < -0.39 is 0 Å². The number of ether oxygens (including phenoxy) is 1. The van der Waals surface area contributed by atoms with Gasteiger partial charge in [0, 0.05) is 13.0 Å². The second-order valence-corrected chi connectivity index (χ2v) is 6.66. The number of aliphatic hydroxyl groups is 1. The van der Waals surface area contributed by atoms with Crippen molar-refractivity contribution in [2.75, 3.05) is 13.2 Å². The van der Waals surface area contributed by atoms with Crippen molar-refractivity contribution in [3.8, 4) is 0 Å². The van der Waals surface area contributed by atoms with Crippen molar-refractivity contribution in [1.82, 2.24) is 0 Å². The minimum absolute atomic E-state index is 0.566. The topological polar surface area (TPSA) is 29.5 Å². The fraction of sp³-hybridized carbons (Fsp3) is 0.889. The number of rotatable bonds is 9. The average molecular weight is 282 g/mol. The number of hydrogen-bond donors (Lipinski definition) is 1. The van der Waals surface area contributed by atoms with Crippen molar-refractivity contribution in [1.29, 1.82) is 0 Å². The van der Waals surface area contributed by atoms with Gasteiger partial charge in [-0.25, -0.2) is 0 Å². The quantitative estimate of drug-likeness (QED) is 0.448. The van der Waals surface area contributed by atoms with Crippen LogP contribution in [-0.4, -0.2) is 18.3 Å². The molecule has 0 saturated heterocycles. The Morgan fingerprint density at radius 2 is 1.90 bits per heavy atom. The van der Waals surface area contributed by atoms with Crippen LogP contribution >= 0.6 is 0 Å². The normalized spacial score (nSPS) is 24.3. The molecule has 2 nitrogen and oxygen atoms in total. The van der Waals surface area contributed by atoms with Crippen LogP contribution in [0, 0.1) is 17.8 Å². The van der Waals surface area contributed by atoms with E-state index in [1.54, 1.807) is 0 Å². The van der Waals surface area contributed by atoms with Crippen LogP contribution < -0.4 is 0 Å². The molecule has 1 rings (SSSR count). The molecule has 0 radical (unpaired) electrons. The standard InChI is InChI=1S/C18H34O2/c1-4-13-20-14-5-6-18(19)12-9-16-7-10-17(11-8-16)15(2)3/h6,15-17,19H,4-5,7-14H2,1-3H3/b18-6+. The first-order chi connectivity index (χ1) is 9.63. The first kappa shape index (κ1) is 17.6. The molecule has 0 atom stereocenters. The minimum atomic E-state index is 0.566. The fourth-order valence-corrected chi connectivity index (χ4v) is 3.15. The van der Waals surface area contributed by atoms with E-state index in [2.05, 4.69) is 20.8 Å². The summed E-state index contributed by atoms with van der Waals surface area (Å²) in [6.45, 7) is 8.37. The van der Waals surface area contributed by atoms with Gasteiger partial charge in [0.1, 0.15) is 0 Å². The Labute approximate surface area is 125 Å². The molecule has 0 heterocycles. The van der Waals surface area contributed by atoms with Gasteiger partial charge in [-0.05, 0) is 55.9 Å². The highest BCUT2D eigenvalue weighted by Crippen LogP contribution is 2.35. The molecule has 2 heteroatoms. The van der Waals surface area contributed by atoms with Crippen LogP contribution in [0.1, 0.15) is 72.1 Å². The SMILES string of the molecule is CCCOCC/C=C(/O)CCC1CCC(C(C)C)CC1. The molecular formula is C18H34O2. The maximum atomic E-state index is 9.88. The van der Waals surface area contributed by atoms with Gasteiger partial charge in [-0.3, -0.25) is 0 Å². The number of aliphatic hydroxyl groups excluding tert-OH is 1. The lowest BCUT2D eigenvalue weighted by molar-refractivity contribution is 0.138. The third-order valence-corrected chi connectivity index (χ3v) is 4.63. The molecular weight excluding hydrogens is 248 g/mol. The average Bonchev–Trinajstić information content (AvgIpc) is 2.45. The molecule has 0 amide bonds. The summed E-state index contributed by atoms with van der Waals surface area (Å²) in [5.74, 6) is 3.17. The van der Waals surface area contributed by atoms with Crippen LogP contribution in [0.5, 0.6) is 0 Å². The van der Waals surface area contributed by atoms with Gasteiger partial charge in [0.05, 0.1) is 12.4 Å². The Morgan fingerprint density at radius 1 is 1.20 bits per heavy atom. The summed E-state index contributed by atoms with van der Waals surface area (Å²) in [5, 5.41) is 9.88. The van der Waals surface area contributed by atoms with E-state index in [1.807, 2.05) is 6.08 Å². The molecule has 0 unspecified atom stereocenters. The maximum Gasteiger partial charge on any atom is 0.0883 e. The molecule has 1 fully saturated rings. The van der Waals surface area contributed by atoms with Gasteiger partial charge in [-0.1, -0.05) is 33.6 Å². The summed E-state index contributed by atoms with van der Waals surface area (Å²) in [6, 6.07) is 0. The summed E-state index contributed by atoms with van der Waals surface area (Å²) in [4.78, 5) is 0. The van der Waals surface area contributed by atoms with Gasteiger partial charge in [0.25, 0.3) is 0 Å². The lowest BCUT2D eigenvalue weighted by atomic mass is 9.75. The second kappa shape index (κ2) is 10.3. The lowest BCUT2D eigenvalue weighted by Gasteiger charge is -2.30. The summed E-state index contributed by atoms with van der Waals surface area (Å²) >= 11 is 0. The van der Waals surface area contributed by atoms with Gasteiger partial charge in [0.2, 0.25) is 0 Å². The highest BCUT2D eigenvalue weighted by molar-refractivity contribution is 4.91. The number of allylic oxidation sites excluding steroid dienone is 1. The van der Waals surface area contributed by atoms with E-state index >= 15 is 0 Å². The molecule has 0 bridgehead atoms. The van der Waals surface area contributed by atoms with Gasteiger partial charge in [0.15, 0.2) is 0 Å². The summed E-state index contributed by atoms with van der Waals surface area (Å²) in [7, 11) is 0. The highest BCUT2D eigenvalue weighted by atomic mass is 16.5. The van der Waals surface area contributed by atoms with Gasteiger partial charge in [-0.15, -0.1) is 0 Å². The smallest absolute Gasteiger partial charge is 0.0883 e. The maximum absolute atomic E-state index is 9.88. The molecule has 20 heavy (non-hydrogen) atoms. The minimum Gasteiger partial charge on any atom is -0.513 e. The van der Waals surface area contributed by atoms with Crippen LogP contribution in [0.2, 0.25) is 0 Å².